The number of pyridine rings is 1. The van der Waals surface area contributed by atoms with Gasteiger partial charge in [0.05, 0.1) is 38.9 Å². The minimum absolute atomic E-state index is 0.532. The fourth-order valence-corrected chi connectivity index (χ4v) is 2.33. The van der Waals surface area contributed by atoms with Gasteiger partial charge in [0.25, 0.3) is 0 Å². The maximum absolute atomic E-state index is 5.39. The third-order valence-corrected chi connectivity index (χ3v) is 3.42. The molecule has 0 radical (unpaired) electrons. The number of ether oxygens (including phenoxy) is 3. The van der Waals surface area contributed by atoms with Crippen molar-refractivity contribution in [3.05, 3.63) is 42.9 Å². The molecule has 0 spiro atoms. The van der Waals surface area contributed by atoms with Gasteiger partial charge < -0.3 is 14.2 Å². The van der Waals surface area contributed by atoms with Crippen molar-refractivity contribution in [2.24, 2.45) is 0 Å². The Morgan fingerprint density at radius 2 is 1.57 bits per heavy atom. The minimum atomic E-state index is 0.532. The zero-order valence-corrected chi connectivity index (χ0v) is 13.1. The van der Waals surface area contributed by atoms with E-state index < -0.39 is 0 Å². The van der Waals surface area contributed by atoms with Gasteiger partial charge >= 0.3 is 0 Å². The number of hydrogen-bond acceptors (Lipinski definition) is 6. The van der Waals surface area contributed by atoms with Gasteiger partial charge in [-0.3, -0.25) is 4.98 Å². The van der Waals surface area contributed by atoms with Crippen LogP contribution in [0.4, 0.5) is 0 Å². The maximum atomic E-state index is 5.39. The number of nitrogens with zero attached hydrogens (tertiary/aromatic N) is 4. The van der Waals surface area contributed by atoms with E-state index in [2.05, 4.69) is 15.3 Å². The number of aromatic nitrogens is 4. The molecular weight excluding hydrogens is 296 g/mol. The van der Waals surface area contributed by atoms with Crippen LogP contribution >= 0.6 is 0 Å². The normalized spacial score (nSPS) is 10.4. The Balaban J connectivity index is 2.15. The molecular formula is C16H16N4O3. The molecule has 0 bridgehead atoms. The number of rotatable bonds is 5. The van der Waals surface area contributed by atoms with Crippen molar-refractivity contribution >= 4 is 0 Å². The Bertz CT molecular complexity index is 777. The molecule has 0 saturated carbocycles. The summed E-state index contributed by atoms with van der Waals surface area (Å²) in [5, 5.41) is 8.17. The fourth-order valence-electron chi connectivity index (χ4n) is 2.33. The molecule has 2 heterocycles. The zero-order chi connectivity index (χ0) is 16.2. The van der Waals surface area contributed by atoms with Crippen LogP contribution in [0.1, 0.15) is 0 Å². The SMILES string of the molecule is COc1cc(-n2nncc2-c2ccncc2)cc(OC)c1OC. The van der Waals surface area contributed by atoms with Gasteiger partial charge in [-0.25, -0.2) is 4.68 Å². The van der Waals surface area contributed by atoms with Gasteiger partial charge in [-0.05, 0) is 12.1 Å². The van der Waals surface area contributed by atoms with Gasteiger partial charge in [-0.15, -0.1) is 5.10 Å². The molecule has 0 saturated heterocycles. The first-order valence-corrected chi connectivity index (χ1v) is 6.90. The van der Waals surface area contributed by atoms with Crippen LogP contribution in [0.25, 0.3) is 16.9 Å². The van der Waals surface area contributed by atoms with Crippen LogP contribution in [0, 0.1) is 0 Å². The molecule has 0 aliphatic carbocycles. The molecule has 118 valence electrons. The van der Waals surface area contributed by atoms with Crippen LogP contribution < -0.4 is 14.2 Å². The second-order valence-electron chi connectivity index (χ2n) is 4.65. The van der Waals surface area contributed by atoms with Gasteiger partial charge in [-0.2, -0.15) is 0 Å². The number of methoxy groups -OCH3 is 3. The largest absolute Gasteiger partial charge is 0.493 e. The average Bonchev–Trinajstić information content (AvgIpc) is 3.10. The summed E-state index contributed by atoms with van der Waals surface area (Å²) in [6.45, 7) is 0. The summed E-state index contributed by atoms with van der Waals surface area (Å²) >= 11 is 0. The highest BCUT2D eigenvalue weighted by molar-refractivity contribution is 5.63. The topological polar surface area (TPSA) is 71.3 Å². The monoisotopic (exact) mass is 312 g/mol. The van der Waals surface area contributed by atoms with E-state index in [1.807, 2.05) is 24.3 Å². The first kappa shape index (κ1) is 14.8. The standard InChI is InChI=1S/C16H16N4O3/c1-21-14-8-12(9-15(22-2)16(14)23-3)20-13(10-18-19-20)11-4-6-17-7-5-11/h4-10H,1-3H3. The second kappa shape index (κ2) is 6.35. The van der Waals surface area contributed by atoms with E-state index in [0.717, 1.165) is 16.9 Å². The summed E-state index contributed by atoms with van der Waals surface area (Å²) in [7, 11) is 4.72. The van der Waals surface area contributed by atoms with E-state index in [-0.39, 0.29) is 0 Å². The van der Waals surface area contributed by atoms with Crippen molar-refractivity contribution in [1.29, 1.82) is 0 Å². The number of benzene rings is 1. The van der Waals surface area contributed by atoms with Crippen LogP contribution in [-0.2, 0) is 0 Å². The molecule has 2 aromatic heterocycles. The molecule has 0 aliphatic heterocycles. The Kier molecular flexibility index (Phi) is 4.09. The van der Waals surface area contributed by atoms with Crippen LogP contribution in [0.2, 0.25) is 0 Å². The molecule has 3 rings (SSSR count). The minimum Gasteiger partial charge on any atom is -0.493 e. The van der Waals surface area contributed by atoms with Gasteiger partial charge in [0, 0.05) is 30.1 Å². The summed E-state index contributed by atoms with van der Waals surface area (Å²) in [6.07, 6.45) is 5.14. The molecule has 7 heteroatoms. The molecule has 0 unspecified atom stereocenters. The van der Waals surface area contributed by atoms with Crippen LogP contribution in [0.15, 0.2) is 42.9 Å². The van der Waals surface area contributed by atoms with Crippen molar-refractivity contribution in [2.45, 2.75) is 0 Å². The van der Waals surface area contributed by atoms with E-state index >= 15 is 0 Å². The lowest BCUT2D eigenvalue weighted by Gasteiger charge is -2.14. The molecule has 3 aromatic rings. The van der Waals surface area contributed by atoms with Crippen molar-refractivity contribution in [1.82, 2.24) is 20.0 Å². The van der Waals surface area contributed by atoms with Crippen molar-refractivity contribution < 1.29 is 14.2 Å². The van der Waals surface area contributed by atoms with Crippen molar-refractivity contribution in [3.8, 4) is 34.2 Å². The van der Waals surface area contributed by atoms with E-state index in [1.165, 1.54) is 0 Å². The highest BCUT2D eigenvalue weighted by Crippen LogP contribution is 2.39. The van der Waals surface area contributed by atoms with Gasteiger partial charge in [0.15, 0.2) is 11.5 Å². The molecule has 1 aromatic carbocycles. The maximum Gasteiger partial charge on any atom is 0.203 e. The zero-order valence-electron chi connectivity index (χ0n) is 13.1. The smallest absolute Gasteiger partial charge is 0.203 e. The third-order valence-electron chi connectivity index (χ3n) is 3.42. The van der Waals surface area contributed by atoms with E-state index in [0.29, 0.717) is 17.2 Å². The molecule has 0 fully saturated rings. The average molecular weight is 312 g/mol. The summed E-state index contributed by atoms with van der Waals surface area (Å²) < 4.78 is 17.8. The highest BCUT2D eigenvalue weighted by atomic mass is 16.5. The Hall–Kier alpha value is -3.09. The third kappa shape index (κ3) is 2.68. The van der Waals surface area contributed by atoms with E-state index in [1.54, 1.807) is 44.6 Å². The second-order valence-corrected chi connectivity index (χ2v) is 4.65. The Morgan fingerprint density at radius 1 is 0.913 bits per heavy atom. The molecule has 0 amide bonds. The predicted molar refractivity (Wildman–Crippen MR) is 84.2 cm³/mol. The molecule has 0 atom stereocenters. The first-order chi connectivity index (χ1) is 11.3. The predicted octanol–water partition coefficient (Wildman–Crippen LogP) is 2.36. The summed E-state index contributed by atoms with van der Waals surface area (Å²) in [5.41, 5.74) is 2.55. The number of hydrogen-bond donors (Lipinski definition) is 0. The van der Waals surface area contributed by atoms with Crippen LogP contribution in [0.5, 0.6) is 17.2 Å². The quantitative estimate of drug-likeness (QED) is 0.720. The molecule has 0 N–H and O–H groups in total. The van der Waals surface area contributed by atoms with Crippen molar-refractivity contribution in [3.63, 3.8) is 0 Å². The summed E-state index contributed by atoms with van der Waals surface area (Å²) in [4.78, 5) is 4.03. The first-order valence-electron chi connectivity index (χ1n) is 6.90. The van der Waals surface area contributed by atoms with Gasteiger partial charge in [0.2, 0.25) is 5.75 Å². The fraction of sp³-hybridized carbons (Fsp3) is 0.188. The lowest BCUT2D eigenvalue weighted by Crippen LogP contribution is -2.02. The van der Waals surface area contributed by atoms with Gasteiger partial charge in [0.1, 0.15) is 0 Å². The molecule has 7 nitrogen and oxygen atoms in total. The lowest BCUT2D eigenvalue weighted by molar-refractivity contribution is 0.324. The van der Waals surface area contributed by atoms with Crippen LogP contribution in [0.3, 0.4) is 0 Å². The van der Waals surface area contributed by atoms with Gasteiger partial charge in [-0.1, -0.05) is 5.21 Å². The molecule has 23 heavy (non-hydrogen) atoms. The lowest BCUT2D eigenvalue weighted by atomic mass is 10.2. The summed E-state index contributed by atoms with van der Waals surface area (Å²) in [6, 6.07) is 7.43. The highest BCUT2D eigenvalue weighted by Gasteiger charge is 2.16. The summed E-state index contributed by atoms with van der Waals surface area (Å²) in [5.74, 6) is 1.64. The van der Waals surface area contributed by atoms with Crippen LogP contribution in [-0.4, -0.2) is 41.3 Å². The van der Waals surface area contributed by atoms with E-state index in [4.69, 9.17) is 14.2 Å². The molecule has 0 aliphatic rings. The van der Waals surface area contributed by atoms with E-state index in [9.17, 15) is 0 Å². The van der Waals surface area contributed by atoms with Crippen molar-refractivity contribution in [2.75, 3.05) is 21.3 Å². The Morgan fingerprint density at radius 3 is 2.13 bits per heavy atom. The Labute approximate surface area is 133 Å².